The summed E-state index contributed by atoms with van der Waals surface area (Å²) in [6.07, 6.45) is 8.63. The topological polar surface area (TPSA) is 47.8 Å². The van der Waals surface area contributed by atoms with Crippen molar-refractivity contribution in [2.24, 2.45) is 0 Å². The van der Waals surface area contributed by atoms with Gasteiger partial charge in [-0.15, -0.1) is 10.2 Å². The van der Waals surface area contributed by atoms with Crippen LogP contribution in [0.4, 0.5) is 0 Å². The highest BCUT2D eigenvalue weighted by molar-refractivity contribution is 7.99. The lowest BCUT2D eigenvalue weighted by molar-refractivity contribution is -0.116. The Kier molecular flexibility index (Phi) is 5.87. The number of allylic oxidation sites excluding steroid dienone is 4. The van der Waals surface area contributed by atoms with Gasteiger partial charge in [0.1, 0.15) is 5.78 Å². The van der Waals surface area contributed by atoms with Gasteiger partial charge in [-0.2, -0.15) is 0 Å². The molecule has 1 aliphatic rings. The highest BCUT2D eigenvalue weighted by atomic mass is 32.2. The first-order valence-corrected chi connectivity index (χ1v) is 9.71. The fourth-order valence-electron chi connectivity index (χ4n) is 2.85. The summed E-state index contributed by atoms with van der Waals surface area (Å²) in [6, 6.07) is 8.29. The third-order valence-electron chi connectivity index (χ3n) is 4.29. The van der Waals surface area contributed by atoms with Gasteiger partial charge in [0.25, 0.3) is 0 Å². The number of carbonyl (C=O) groups is 1. The lowest BCUT2D eigenvalue weighted by atomic mass is 10.1. The zero-order valence-electron chi connectivity index (χ0n) is 14.7. The molecule has 0 saturated carbocycles. The third-order valence-corrected chi connectivity index (χ3v) is 5.31. The van der Waals surface area contributed by atoms with Gasteiger partial charge in [0, 0.05) is 18.5 Å². The Bertz CT molecular complexity index is 803. The maximum absolute atomic E-state index is 12.3. The van der Waals surface area contributed by atoms with Crippen molar-refractivity contribution < 1.29 is 4.79 Å². The van der Waals surface area contributed by atoms with Crippen molar-refractivity contribution >= 4 is 23.1 Å². The Hall–Kier alpha value is -2.14. The molecule has 0 saturated heterocycles. The van der Waals surface area contributed by atoms with Gasteiger partial charge in [0.05, 0.1) is 5.75 Å². The van der Waals surface area contributed by atoms with Crippen molar-refractivity contribution in [1.82, 2.24) is 14.8 Å². The Balaban J connectivity index is 1.60. The number of aromatic nitrogens is 3. The molecule has 0 unspecified atom stereocenters. The minimum absolute atomic E-state index is 0.211. The molecule has 0 radical (unpaired) electrons. The summed E-state index contributed by atoms with van der Waals surface area (Å²) in [4.78, 5) is 12.3. The van der Waals surface area contributed by atoms with Crippen LogP contribution in [0, 0.1) is 0 Å². The van der Waals surface area contributed by atoms with E-state index in [1.54, 1.807) is 0 Å². The van der Waals surface area contributed by atoms with E-state index in [4.69, 9.17) is 0 Å². The normalized spacial score (nSPS) is 13.3. The predicted octanol–water partition coefficient (Wildman–Crippen LogP) is 4.11. The number of aryl methyl sites for hydroxylation is 1. The van der Waals surface area contributed by atoms with Crippen molar-refractivity contribution in [1.29, 1.82) is 0 Å². The molecule has 0 amide bonds. The number of nitrogens with zero attached hydrogens (tertiary/aromatic N) is 3. The van der Waals surface area contributed by atoms with Crippen LogP contribution in [-0.4, -0.2) is 26.3 Å². The van der Waals surface area contributed by atoms with Gasteiger partial charge in [0.15, 0.2) is 11.0 Å². The van der Waals surface area contributed by atoms with Gasteiger partial charge in [0.2, 0.25) is 0 Å². The molecule has 0 atom stereocenters. The molecule has 2 aromatic rings. The van der Waals surface area contributed by atoms with Crippen molar-refractivity contribution in [3.05, 3.63) is 59.4 Å². The molecule has 1 aromatic carbocycles. The zero-order chi connectivity index (χ0) is 17.6. The average molecular weight is 353 g/mol. The van der Waals surface area contributed by atoms with Crippen LogP contribution in [0.3, 0.4) is 0 Å². The first kappa shape index (κ1) is 17.7. The van der Waals surface area contributed by atoms with Crippen LogP contribution in [0.1, 0.15) is 37.2 Å². The van der Waals surface area contributed by atoms with Gasteiger partial charge < -0.3 is 4.57 Å². The van der Waals surface area contributed by atoms with Crippen molar-refractivity contribution in [2.45, 2.75) is 44.8 Å². The van der Waals surface area contributed by atoms with Crippen LogP contribution in [0.15, 0.2) is 47.6 Å². The van der Waals surface area contributed by atoms with E-state index in [0.29, 0.717) is 12.2 Å². The summed E-state index contributed by atoms with van der Waals surface area (Å²) >= 11 is 1.48. The second-order valence-corrected chi connectivity index (χ2v) is 6.99. The molecule has 25 heavy (non-hydrogen) atoms. The Morgan fingerprint density at radius 3 is 2.56 bits per heavy atom. The maximum atomic E-state index is 12.3. The molecule has 0 fully saturated rings. The quantitative estimate of drug-likeness (QED) is 0.670. The first-order valence-electron chi connectivity index (χ1n) is 8.72. The number of rotatable bonds is 8. The molecule has 0 aliphatic heterocycles. The molecule has 0 bridgehead atoms. The molecule has 1 aromatic heterocycles. The van der Waals surface area contributed by atoms with Crippen LogP contribution < -0.4 is 0 Å². The third kappa shape index (κ3) is 4.28. The monoisotopic (exact) mass is 353 g/mol. The van der Waals surface area contributed by atoms with Gasteiger partial charge >= 0.3 is 0 Å². The standard InChI is InChI=1S/C20H23N3OS/c1-3-15-9-11-16(12-10-15)13-18(24)14-25-20-22-21-19(23(20)4-2)17-7-5-6-8-17/h5-7,9-12H,3-4,8,13-14H2,1-2H3. The maximum Gasteiger partial charge on any atom is 0.191 e. The summed E-state index contributed by atoms with van der Waals surface area (Å²) in [5.74, 6) is 1.55. The van der Waals surface area contributed by atoms with Crippen LogP contribution in [0.2, 0.25) is 0 Å². The van der Waals surface area contributed by atoms with E-state index in [9.17, 15) is 4.79 Å². The highest BCUT2D eigenvalue weighted by Gasteiger charge is 2.16. The number of Topliss-reactive ketones (excluding diaryl/α,β-unsaturated/α-hetero) is 1. The average Bonchev–Trinajstić information content (AvgIpc) is 3.29. The minimum atomic E-state index is 0.211. The Morgan fingerprint density at radius 2 is 1.92 bits per heavy atom. The van der Waals surface area contributed by atoms with E-state index in [0.717, 1.165) is 35.9 Å². The summed E-state index contributed by atoms with van der Waals surface area (Å²) in [6.45, 7) is 5.01. The van der Waals surface area contributed by atoms with Gasteiger partial charge in [-0.3, -0.25) is 4.79 Å². The summed E-state index contributed by atoms with van der Waals surface area (Å²) < 4.78 is 2.09. The molecular formula is C20H23N3OS. The fourth-order valence-corrected chi connectivity index (χ4v) is 3.71. The smallest absolute Gasteiger partial charge is 0.191 e. The van der Waals surface area contributed by atoms with Crippen LogP contribution >= 0.6 is 11.8 Å². The Labute approximate surface area is 153 Å². The molecular weight excluding hydrogens is 330 g/mol. The molecule has 0 N–H and O–H groups in total. The number of hydrogen-bond acceptors (Lipinski definition) is 4. The largest absolute Gasteiger partial charge is 0.303 e. The van der Waals surface area contributed by atoms with Gasteiger partial charge in [-0.05, 0) is 30.9 Å². The molecule has 0 spiro atoms. The summed E-state index contributed by atoms with van der Waals surface area (Å²) in [7, 11) is 0. The highest BCUT2D eigenvalue weighted by Crippen LogP contribution is 2.26. The Morgan fingerprint density at radius 1 is 1.16 bits per heavy atom. The molecule has 1 heterocycles. The van der Waals surface area contributed by atoms with E-state index in [-0.39, 0.29) is 5.78 Å². The number of carbonyl (C=O) groups excluding carboxylic acids is 1. The van der Waals surface area contributed by atoms with E-state index >= 15 is 0 Å². The number of ketones is 1. The van der Waals surface area contributed by atoms with E-state index < -0.39 is 0 Å². The number of benzene rings is 1. The van der Waals surface area contributed by atoms with Gasteiger partial charge in [-0.1, -0.05) is 61.2 Å². The van der Waals surface area contributed by atoms with Crippen LogP contribution in [-0.2, 0) is 24.2 Å². The van der Waals surface area contributed by atoms with E-state index in [2.05, 4.69) is 52.9 Å². The second-order valence-electron chi connectivity index (χ2n) is 6.05. The van der Waals surface area contributed by atoms with E-state index in [1.807, 2.05) is 18.2 Å². The minimum Gasteiger partial charge on any atom is -0.303 e. The van der Waals surface area contributed by atoms with Crippen molar-refractivity contribution in [3.63, 3.8) is 0 Å². The predicted molar refractivity (Wildman–Crippen MR) is 103 cm³/mol. The summed E-state index contributed by atoms with van der Waals surface area (Å²) in [5, 5.41) is 9.43. The lowest BCUT2D eigenvalue weighted by Crippen LogP contribution is -2.08. The zero-order valence-corrected chi connectivity index (χ0v) is 15.6. The summed E-state index contributed by atoms with van der Waals surface area (Å²) in [5.41, 5.74) is 3.55. The van der Waals surface area contributed by atoms with E-state index in [1.165, 1.54) is 22.9 Å². The lowest BCUT2D eigenvalue weighted by Gasteiger charge is -2.07. The number of hydrogen-bond donors (Lipinski definition) is 0. The van der Waals surface area contributed by atoms with Gasteiger partial charge in [-0.25, -0.2) is 0 Å². The molecule has 5 heteroatoms. The first-order chi connectivity index (χ1) is 12.2. The van der Waals surface area contributed by atoms with Crippen molar-refractivity contribution in [2.75, 3.05) is 5.75 Å². The second kappa shape index (κ2) is 8.30. The number of thioether (sulfide) groups is 1. The molecule has 3 rings (SSSR count). The van der Waals surface area contributed by atoms with Crippen LogP contribution in [0.25, 0.3) is 5.57 Å². The molecule has 4 nitrogen and oxygen atoms in total. The molecule has 130 valence electrons. The van der Waals surface area contributed by atoms with Crippen LogP contribution in [0.5, 0.6) is 0 Å². The molecule has 1 aliphatic carbocycles. The SMILES string of the molecule is CCc1ccc(CC(=O)CSc2nnc(C3=CC=CC3)n2CC)cc1. The van der Waals surface area contributed by atoms with Crippen molar-refractivity contribution in [3.8, 4) is 0 Å². The fraction of sp³-hybridized carbons (Fsp3) is 0.350.